The molecule has 0 spiro atoms. The fourth-order valence-corrected chi connectivity index (χ4v) is 1.94. The van der Waals surface area contributed by atoms with Gasteiger partial charge in [0.1, 0.15) is 5.82 Å². The van der Waals surface area contributed by atoms with Gasteiger partial charge in [-0.2, -0.15) is 0 Å². The fourth-order valence-electron chi connectivity index (χ4n) is 1.94. The number of carbonyl (C=O) groups is 1. The van der Waals surface area contributed by atoms with E-state index in [4.69, 9.17) is 5.84 Å². The van der Waals surface area contributed by atoms with Gasteiger partial charge in [0.05, 0.1) is 0 Å². The number of hydrogen-bond donors (Lipinski definition) is 3. The van der Waals surface area contributed by atoms with E-state index in [1.165, 1.54) is 5.56 Å². The Bertz CT molecular complexity index is 584. The second-order valence-corrected chi connectivity index (χ2v) is 4.52. The zero-order chi connectivity index (χ0) is 14.4. The molecule has 0 unspecified atom stereocenters. The van der Waals surface area contributed by atoms with E-state index in [0.29, 0.717) is 17.9 Å². The van der Waals surface area contributed by atoms with E-state index < -0.39 is 0 Å². The molecule has 104 valence electrons. The first kappa shape index (κ1) is 14.0. The first-order chi connectivity index (χ1) is 9.69. The highest BCUT2D eigenvalue weighted by Gasteiger charge is 2.07. The predicted octanol–water partition coefficient (Wildman–Crippen LogP) is 1.65. The Morgan fingerprint density at radius 2 is 2.00 bits per heavy atom. The maximum atomic E-state index is 12.0. The Labute approximate surface area is 118 Å². The zero-order valence-corrected chi connectivity index (χ0v) is 11.4. The number of nitrogens with zero attached hydrogens (tertiary/aromatic N) is 1. The van der Waals surface area contributed by atoms with E-state index in [1.54, 1.807) is 12.1 Å². The summed E-state index contributed by atoms with van der Waals surface area (Å²) in [6, 6.07) is 13.4. The van der Waals surface area contributed by atoms with Gasteiger partial charge < -0.3 is 10.7 Å². The molecule has 0 aliphatic carbocycles. The Morgan fingerprint density at radius 1 is 1.25 bits per heavy atom. The number of nitrogen functional groups attached to an aromatic ring is 1. The number of nitrogens with two attached hydrogens (primary N) is 1. The predicted molar refractivity (Wildman–Crippen MR) is 79.3 cm³/mol. The molecule has 0 aliphatic heterocycles. The van der Waals surface area contributed by atoms with Crippen molar-refractivity contribution < 1.29 is 4.79 Å². The first-order valence-electron chi connectivity index (χ1n) is 6.46. The molecule has 2 rings (SSSR count). The number of nitrogens with one attached hydrogen (secondary N) is 2. The monoisotopic (exact) mass is 270 g/mol. The minimum atomic E-state index is -0.122. The van der Waals surface area contributed by atoms with Gasteiger partial charge in [0.25, 0.3) is 5.91 Å². The summed E-state index contributed by atoms with van der Waals surface area (Å²) in [5, 5.41) is 2.89. The third-order valence-corrected chi connectivity index (χ3v) is 2.91. The molecule has 0 aliphatic rings. The van der Waals surface area contributed by atoms with Gasteiger partial charge in [-0.1, -0.05) is 30.3 Å². The number of rotatable bonds is 5. The van der Waals surface area contributed by atoms with Crippen LogP contribution in [-0.2, 0) is 6.42 Å². The van der Waals surface area contributed by atoms with Gasteiger partial charge in [0.15, 0.2) is 0 Å². The molecule has 0 radical (unpaired) electrons. The molecule has 4 N–H and O–H groups in total. The minimum Gasteiger partial charge on any atom is -0.352 e. The SMILES string of the molecule is Cc1cc(C(=O)NCCc2ccccc2)cc(NN)n1. The maximum absolute atomic E-state index is 12.0. The van der Waals surface area contributed by atoms with Gasteiger partial charge in [-0.25, -0.2) is 10.8 Å². The molecule has 2 aromatic rings. The molecule has 0 atom stereocenters. The molecule has 1 amide bonds. The third kappa shape index (κ3) is 3.80. The summed E-state index contributed by atoms with van der Waals surface area (Å²) in [4.78, 5) is 16.2. The molecule has 0 bridgehead atoms. The van der Waals surface area contributed by atoms with E-state index in [9.17, 15) is 4.79 Å². The molecular weight excluding hydrogens is 252 g/mol. The Kier molecular flexibility index (Phi) is 4.68. The fraction of sp³-hybridized carbons (Fsp3) is 0.200. The standard InChI is InChI=1S/C15H18N4O/c1-11-9-13(10-14(18-11)19-16)15(20)17-8-7-12-5-3-2-4-6-12/h2-6,9-10H,7-8,16H2,1H3,(H,17,20)(H,18,19). The lowest BCUT2D eigenvalue weighted by Crippen LogP contribution is -2.26. The number of amides is 1. The number of hydrogen-bond acceptors (Lipinski definition) is 4. The van der Waals surface area contributed by atoms with Crippen LogP contribution in [0, 0.1) is 6.92 Å². The number of carbonyl (C=O) groups excluding carboxylic acids is 1. The Morgan fingerprint density at radius 3 is 2.70 bits per heavy atom. The number of hydrazine groups is 1. The van der Waals surface area contributed by atoms with Crippen molar-refractivity contribution in [3.05, 3.63) is 59.3 Å². The highest BCUT2D eigenvalue weighted by molar-refractivity contribution is 5.94. The average Bonchev–Trinajstić information content (AvgIpc) is 2.47. The number of aryl methyl sites for hydroxylation is 1. The minimum absolute atomic E-state index is 0.122. The molecule has 20 heavy (non-hydrogen) atoms. The van der Waals surface area contributed by atoms with Crippen molar-refractivity contribution in [2.24, 2.45) is 5.84 Å². The molecule has 0 saturated heterocycles. The summed E-state index contributed by atoms with van der Waals surface area (Å²) in [6.45, 7) is 2.41. The van der Waals surface area contributed by atoms with E-state index in [1.807, 2.05) is 37.3 Å². The first-order valence-corrected chi connectivity index (χ1v) is 6.46. The third-order valence-electron chi connectivity index (χ3n) is 2.91. The number of pyridine rings is 1. The van der Waals surface area contributed by atoms with E-state index in [0.717, 1.165) is 12.1 Å². The van der Waals surface area contributed by atoms with Crippen molar-refractivity contribution in [2.75, 3.05) is 12.0 Å². The molecule has 1 heterocycles. The largest absolute Gasteiger partial charge is 0.352 e. The van der Waals surface area contributed by atoms with Crippen LogP contribution in [0.1, 0.15) is 21.6 Å². The van der Waals surface area contributed by atoms with Crippen molar-refractivity contribution >= 4 is 11.7 Å². The summed E-state index contributed by atoms with van der Waals surface area (Å²) in [6.07, 6.45) is 0.804. The normalized spacial score (nSPS) is 10.1. The van der Waals surface area contributed by atoms with Crippen LogP contribution in [0.3, 0.4) is 0 Å². The average molecular weight is 270 g/mol. The van der Waals surface area contributed by atoms with Crippen molar-refractivity contribution in [3.8, 4) is 0 Å². The van der Waals surface area contributed by atoms with Gasteiger partial charge in [-0.05, 0) is 31.0 Å². The summed E-state index contributed by atoms with van der Waals surface area (Å²) < 4.78 is 0. The van der Waals surface area contributed by atoms with Gasteiger partial charge in [-0.3, -0.25) is 4.79 Å². The molecular formula is C15H18N4O. The Hall–Kier alpha value is -2.40. The highest BCUT2D eigenvalue weighted by Crippen LogP contribution is 2.09. The quantitative estimate of drug-likeness (QED) is 0.570. The Balaban J connectivity index is 1.93. The lowest BCUT2D eigenvalue weighted by atomic mass is 10.1. The van der Waals surface area contributed by atoms with Crippen LogP contribution in [0.4, 0.5) is 5.82 Å². The van der Waals surface area contributed by atoms with Crippen molar-refractivity contribution in [1.82, 2.24) is 10.3 Å². The van der Waals surface area contributed by atoms with Crippen LogP contribution in [0.25, 0.3) is 0 Å². The summed E-state index contributed by atoms with van der Waals surface area (Å²) in [5.74, 6) is 5.68. The van der Waals surface area contributed by atoms with Gasteiger partial charge in [-0.15, -0.1) is 0 Å². The lowest BCUT2D eigenvalue weighted by molar-refractivity contribution is 0.0954. The molecule has 5 heteroatoms. The maximum Gasteiger partial charge on any atom is 0.251 e. The second-order valence-electron chi connectivity index (χ2n) is 4.52. The van der Waals surface area contributed by atoms with Gasteiger partial charge in [0.2, 0.25) is 0 Å². The molecule has 1 aromatic heterocycles. The van der Waals surface area contributed by atoms with Crippen LogP contribution in [-0.4, -0.2) is 17.4 Å². The van der Waals surface area contributed by atoms with Gasteiger partial charge in [0, 0.05) is 17.8 Å². The van der Waals surface area contributed by atoms with Crippen molar-refractivity contribution in [1.29, 1.82) is 0 Å². The number of aromatic nitrogens is 1. The molecule has 0 saturated carbocycles. The lowest BCUT2D eigenvalue weighted by Gasteiger charge is -2.08. The number of benzene rings is 1. The van der Waals surface area contributed by atoms with E-state index in [2.05, 4.69) is 15.7 Å². The molecule has 5 nitrogen and oxygen atoms in total. The van der Waals surface area contributed by atoms with Crippen LogP contribution in [0.5, 0.6) is 0 Å². The van der Waals surface area contributed by atoms with Crippen LogP contribution in [0.2, 0.25) is 0 Å². The van der Waals surface area contributed by atoms with Gasteiger partial charge >= 0.3 is 0 Å². The van der Waals surface area contributed by atoms with Crippen LogP contribution >= 0.6 is 0 Å². The van der Waals surface area contributed by atoms with Crippen molar-refractivity contribution in [3.63, 3.8) is 0 Å². The van der Waals surface area contributed by atoms with E-state index >= 15 is 0 Å². The second kappa shape index (κ2) is 6.68. The number of anilines is 1. The summed E-state index contributed by atoms with van der Waals surface area (Å²) in [7, 11) is 0. The summed E-state index contributed by atoms with van der Waals surface area (Å²) >= 11 is 0. The molecule has 1 aromatic carbocycles. The molecule has 0 fully saturated rings. The topological polar surface area (TPSA) is 80.0 Å². The van der Waals surface area contributed by atoms with Crippen molar-refractivity contribution in [2.45, 2.75) is 13.3 Å². The van der Waals surface area contributed by atoms with Crippen LogP contribution in [0.15, 0.2) is 42.5 Å². The summed E-state index contributed by atoms with van der Waals surface area (Å²) in [5.41, 5.74) is 4.95. The highest BCUT2D eigenvalue weighted by atomic mass is 16.1. The van der Waals surface area contributed by atoms with E-state index in [-0.39, 0.29) is 5.91 Å². The zero-order valence-electron chi connectivity index (χ0n) is 11.4. The smallest absolute Gasteiger partial charge is 0.251 e. The van der Waals surface area contributed by atoms with Crippen LogP contribution < -0.4 is 16.6 Å².